The minimum absolute atomic E-state index is 0.709. The highest BCUT2D eigenvalue weighted by Gasteiger charge is 2.04. The van der Waals surface area contributed by atoms with Crippen LogP contribution in [0.4, 0.5) is 0 Å². The van der Waals surface area contributed by atoms with Gasteiger partial charge in [0, 0.05) is 19.1 Å². The van der Waals surface area contributed by atoms with Crippen LogP contribution in [-0.2, 0) is 0 Å². The van der Waals surface area contributed by atoms with Gasteiger partial charge in [0.2, 0.25) is 0 Å². The predicted octanol–water partition coefficient (Wildman–Crippen LogP) is 1.96. The van der Waals surface area contributed by atoms with Crippen LogP contribution in [0.1, 0.15) is 34.1 Å². The number of likely N-dealkylation sites (N-methyl/N-ethyl adjacent to an activating group) is 1. The molecule has 2 heteroatoms. The number of hydrogen-bond donors (Lipinski definition) is 1. The molecular formula is C11H26N2. The van der Waals surface area contributed by atoms with E-state index >= 15 is 0 Å². The fourth-order valence-electron chi connectivity index (χ4n) is 1.18. The van der Waals surface area contributed by atoms with Crippen molar-refractivity contribution >= 4 is 0 Å². The van der Waals surface area contributed by atoms with E-state index in [1.807, 2.05) is 0 Å². The third-order valence-corrected chi connectivity index (χ3v) is 2.54. The highest BCUT2D eigenvalue weighted by molar-refractivity contribution is 4.62. The van der Waals surface area contributed by atoms with Gasteiger partial charge in [0.05, 0.1) is 0 Å². The Morgan fingerprint density at radius 3 is 2.31 bits per heavy atom. The van der Waals surface area contributed by atoms with Crippen LogP contribution in [0, 0.1) is 5.92 Å². The average molecular weight is 186 g/mol. The standard InChI is InChI=1S/C11H26N2/c1-6-11(4)13(5)8-7-12-9-10(2)3/h10-12H,6-9H2,1-5H3. The Kier molecular flexibility index (Phi) is 7.29. The molecule has 0 saturated carbocycles. The molecule has 0 aromatic heterocycles. The molecule has 0 aliphatic rings. The summed E-state index contributed by atoms with van der Waals surface area (Å²) in [7, 11) is 2.20. The summed E-state index contributed by atoms with van der Waals surface area (Å²) in [5.74, 6) is 0.758. The molecule has 0 bridgehead atoms. The summed E-state index contributed by atoms with van der Waals surface area (Å²) in [5.41, 5.74) is 0. The van der Waals surface area contributed by atoms with Gasteiger partial charge < -0.3 is 10.2 Å². The van der Waals surface area contributed by atoms with E-state index in [9.17, 15) is 0 Å². The summed E-state index contributed by atoms with van der Waals surface area (Å²) in [5, 5.41) is 3.45. The van der Waals surface area contributed by atoms with Crippen LogP contribution in [0.25, 0.3) is 0 Å². The third-order valence-electron chi connectivity index (χ3n) is 2.54. The van der Waals surface area contributed by atoms with Gasteiger partial charge in [-0.2, -0.15) is 0 Å². The lowest BCUT2D eigenvalue weighted by molar-refractivity contribution is 0.251. The van der Waals surface area contributed by atoms with E-state index in [1.54, 1.807) is 0 Å². The van der Waals surface area contributed by atoms with E-state index in [0.717, 1.165) is 25.6 Å². The lowest BCUT2D eigenvalue weighted by Gasteiger charge is -2.23. The van der Waals surface area contributed by atoms with Crippen LogP contribution in [-0.4, -0.2) is 37.6 Å². The van der Waals surface area contributed by atoms with Crippen molar-refractivity contribution in [1.82, 2.24) is 10.2 Å². The largest absolute Gasteiger partial charge is 0.315 e. The van der Waals surface area contributed by atoms with E-state index in [-0.39, 0.29) is 0 Å². The molecule has 1 N–H and O–H groups in total. The molecule has 0 aromatic rings. The van der Waals surface area contributed by atoms with Crippen LogP contribution in [0.15, 0.2) is 0 Å². The SMILES string of the molecule is CCC(C)N(C)CCNCC(C)C. The topological polar surface area (TPSA) is 15.3 Å². The molecule has 0 aliphatic carbocycles. The lowest BCUT2D eigenvalue weighted by Crippen LogP contribution is -2.35. The molecule has 80 valence electrons. The van der Waals surface area contributed by atoms with Crippen molar-refractivity contribution in [3.8, 4) is 0 Å². The second-order valence-electron chi connectivity index (χ2n) is 4.34. The van der Waals surface area contributed by atoms with E-state index in [0.29, 0.717) is 6.04 Å². The van der Waals surface area contributed by atoms with Crippen LogP contribution in [0.5, 0.6) is 0 Å². The first kappa shape index (κ1) is 12.9. The summed E-state index contributed by atoms with van der Waals surface area (Å²) < 4.78 is 0. The highest BCUT2D eigenvalue weighted by atomic mass is 15.1. The number of rotatable bonds is 7. The summed E-state index contributed by atoms with van der Waals surface area (Å²) >= 11 is 0. The maximum Gasteiger partial charge on any atom is 0.0107 e. The van der Waals surface area contributed by atoms with E-state index in [4.69, 9.17) is 0 Å². The quantitative estimate of drug-likeness (QED) is 0.612. The van der Waals surface area contributed by atoms with Gasteiger partial charge in [0.15, 0.2) is 0 Å². The number of nitrogens with one attached hydrogen (secondary N) is 1. The second-order valence-corrected chi connectivity index (χ2v) is 4.34. The first-order valence-electron chi connectivity index (χ1n) is 5.48. The summed E-state index contributed by atoms with van der Waals surface area (Å²) in [6.45, 7) is 12.4. The molecule has 0 saturated heterocycles. The van der Waals surface area contributed by atoms with Crippen molar-refractivity contribution in [3.05, 3.63) is 0 Å². The Labute approximate surface area is 83.7 Å². The first-order chi connectivity index (χ1) is 6.07. The minimum atomic E-state index is 0.709. The molecule has 0 fully saturated rings. The molecule has 1 unspecified atom stereocenters. The van der Waals surface area contributed by atoms with Crippen LogP contribution < -0.4 is 5.32 Å². The van der Waals surface area contributed by atoms with Crippen LogP contribution >= 0.6 is 0 Å². The third kappa shape index (κ3) is 7.03. The van der Waals surface area contributed by atoms with Gasteiger partial charge >= 0.3 is 0 Å². The fraction of sp³-hybridized carbons (Fsp3) is 1.00. The molecule has 0 rings (SSSR count). The number of nitrogens with zero attached hydrogens (tertiary/aromatic N) is 1. The zero-order valence-electron chi connectivity index (χ0n) is 9.93. The first-order valence-corrected chi connectivity index (χ1v) is 5.48. The Morgan fingerprint density at radius 1 is 1.23 bits per heavy atom. The normalized spacial score (nSPS) is 14.1. The van der Waals surface area contributed by atoms with E-state index < -0.39 is 0 Å². The van der Waals surface area contributed by atoms with Crippen molar-refractivity contribution in [1.29, 1.82) is 0 Å². The van der Waals surface area contributed by atoms with Crippen LogP contribution in [0.2, 0.25) is 0 Å². The molecule has 0 spiro atoms. The molecule has 0 amide bonds. The van der Waals surface area contributed by atoms with Gasteiger partial charge in [-0.3, -0.25) is 0 Å². The predicted molar refractivity (Wildman–Crippen MR) is 60.1 cm³/mol. The summed E-state index contributed by atoms with van der Waals surface area (Å²) in [6.07, 6.45) is 1.24. The van der Waals surface area contributed by atoms with Gasteiger partial charge in [-0.25, -0.2) is 0 Å². The zero-order chi connectivity index (χ0) is 10.3. The smallest absolute Gasteiger partial charge is 0.0107 e. The fourth-order valence-corrected chi connectivity index (χ4v) is 1.18. The second kappa shape index (κ2) is 7.34. The van der Waals surface area contributed by atoms with Gasteiger partial charge in [-0.05, 0) is 32.9 Å². The van der Waals surface area contributed by atoms with E-state index in [1.165, 1.54) is 6.42 Å². The van der Waals surface area contributed by atoms with Crippen molar-refractivity contribution < 1.29 is 0 Å². The van der Waals surface area contributed by atoms with Gasteiger partial charge in [-0.1, -0.05) is 20.8 Å². The molecule has 0 aliphatic heterocycles. The summed E-state index contributed by atoms with van der Waals surface area (Å²) in [6, 6.07) is 0.709. The average Bonchev–Trinajstić information content (AvgIpc) is 2.10. The molecule has 0 radical (unpaired) electrons. The Morgan fingerprint density at radius 2 is 1.85 bits per heavy atom. The highest BCUT2D eigenvalue weighted by Crippen LogP contribution is 1.98. The van der Waals surface area contributed by atoms with Crippen molar-refractivity contribution in [2.75, 3.05) is 26.7 Å². The zero-order valence-corrected chi connectivity index (χ0v) is 9.93. The molecule has 0 aromatic carbocycles. The molecular weight excluding hydrogens is 160 g/mol. The molecule has 13 heavy (non-hydrogen) atoms. The minimum Gasteiger partial charge on any atom is -0.315 e. The lowest BCUT2D eigenvalue weighted by atomic mass is 10.2. The maximum atomic E-state index is 3.45. The monoisotopic (exact) mass is 186 g/mol. The number of hydrogen-bond acceptors (Lipinski definition) is 2. The summed E-state index contributed by atoms with van der Waals surface area (Å²) in [4.78, 5) is 2.41. The Balaban J connectivity index is 3.31. The van der Waals surface area contributed by atoms with Crippen molar-refractivity contribution in [3.63, 3.8) is 0 Å². The van der Waals surface area contributed by atoms with Gasteiger partial charge in [-0.15, -0.1) is 0 Å². The molecule has 2 nitrogen and oxygen atoms in total. The van der Waals surface area contributed by atoms with Gasteiger partial charge in [0.25, 0.3) is 0 Å². The Bertz CT molecular complexity index is 113. The van der Waals surface area contributed by atoms with Crippen LogP contribution in [0.3, 0.4) is 0 Å². The Hall–Kier alpha value is -0.0800. The molecule has 0 heterocycles. The van der Waals surface area contributed by atoms with Crippen molar-refractivity contribution in [2.24, 2.45) is 5.92 Å². The van der Waals surface area contributed by atoms with E-state index in [2.05, 4.69) is 45.0 Å². The molecule has 1 atom stereocenters. The maximum absolute atomic E-state index is 3.45. The van der Waals surface area contributed by atoms with Gasteiger partial charge in [0.1, 0.15) is 0 Å². The van der Waals surface area contributed by atoms with Crippen molar-refractivity contribution in [2.45, 2.75) is 40.2 Å².